The van der Waals surface area contributed by atoms with E-state index in [1.54, 1.807) is 12.2 Å². The van der Waals surface area contributed by atoms with Crippen LogP contribution in [0.5, 0.6) is 0 Å². The van der Waals surface area contributed by atoms with E-state index >= 15 is 0 Å². The number of hydrogen-bond acceptors (Lipinski definition) is 2. The highest BCUT2D eigenvalue weighted by molar-refractivity contribution is 6.26. The second kappa shape index (κ2) is 3.88. The summed E-state index contributed by atoms with van der Waals surface area (Å²) in [5.41, 5.74) is 0.909. The van der Waals surface area contributed by atoms with E-state index in [2.05, 4.69) is 0 Å². The summed E-state index contributed by atoms with van der Waals surface area (Å²) in [6.07, 6.45) is 9.20. The Hall–Kier alpha value is -0.760. The second-order valence-electron chi connectivity index (χ2n) is 5.55. The summed E-state index contributed by atoms with van der Waals surface area (Å²) < 4.78 is 0. The molecular formula is C14H17ClO2. The number of carbonyl (C=O) groups excluding carboxylic acids is 1. The van der Waals surface area contributed by atoms with Crippen LogP contribution in [0, 0.1) is 11.8 Å². The Morgan fingerprint density at radius 1 is 1.29 bits per heavy atom. The monoisotopic (exact) mass is 252 g/mol. The average molecular weight is 253 g/mol. The molecule has 0 bridgehead atoms. The molecular weight excluding hydrogens is 236 g/mol. The van der Waals surface area contributed by atoms with Crippen molar-refractivity contribution >= 4 is 17.4 Å². The van der Waals surface area contributed by atoms with Gasteiger partial charge < -0.3 is 5.11 Å². The van der Waals surface area contributed by atoms with Crippen molar-refractivity contribution in [2.75, 3.05) is 0 Å². The Morgan fingerprint density at radius 2 is 2.00 bits per heavy atom. The number of aliphatic hydroxyl groups excluding tert-OH is 1. The number of halogens is 1. The average Bonchev–Trinajstić information content (AvgIpc) is 2.88. The van der Waals surface area contributed by atoms with Gasteiger partial charge in [-0.05, 0) is 42.7 Å². The lowest BCUT2D eigenvalue weighted by molar-refractivity contribution is -0.115. The minimum absolute atomic E-state index is 0.144. The molecule has 0 amide bonds. The zero-order valence-electron chi connectivity index (χ0n) is 9.79. The minimum Gasteiger partial charge on any atom is -0.510 e. The van der Waals surface area contributed by atoms with Crippen LogP contribution in [0.2, 0.25) is 0 Å². The number of fused-ring (bicyclic) bond motifs is 1. The van der Waals surface area contributed by atoms with E-state index in [4.69, 9.17) is 11.6 Å². The Balaban J connectivity index is 1.94. The lowest BCUT2D eigenvalue weighted by Crippen LogP contribution is -2.31. The Bertz CT molecular complexity index is 418. The maximum atomic E-state index is 11.4. The highest BCUT2D eigenvalue weighted by Gasteiger charge is 2.50. The van der Waals surface area contributed by atoms with Gasteiger partial charge in [0, 0.05) is 6.42 Å². The summed E-state index contributed by atoms with van der Waals surface area (Å²) in [7, 11) is 0. The zero-order chi connectivity index (χ0) is 12.0. The molecule has 3 rings (SSSR count). The number of hydrogen-bond donors (Lipinski definition) is 1. The Morgan fingerprint density at radius 3 is 2.71 bits per heavy atom. The number of rotatable bonds is 1. The van der Waals surface area contributed by atoms with Crippen LogP contribution in [-0.2, 0) is 4.79 Å². The van der Waals surface area contributed by atoms with Crippen molar-refractivity contribution in [2.45, 2.75) is 43.4 Å². The predicted octanol–water partition coefficient (Wildman–Crippen LogP) is 3.52. The van der Waals surface area contributed by atoms with Gasteiger partial charge in [-0.25, -0.2) is 0 Å². The summed E-state index contributed by atoms with van der Waals surface area (Å²) in [4.78, 5) is 10.8. The van der Waals surface area contributed by atoms with Crippen molar-refractivity contribution in [3.8, 4) is 0 Å². The maximum Gasteiger partial charge on any atom is 0.156 e. The molecule has 0 aromatic heterocycles. The van der Waals surface area contributed by atoms with Gasteiger partial charge >= 0.3 is 0 Å². The standard InChI is InChI=1S/C14H17ClO2/c15-14(10-3-1-2-4-10)8-9-7-11(16)5-6-12(9)13(14)17/h5-6,9-10,17H,1-4,7-8H2. The largest absolute Gasteiger partial charge is 0.510 e. The maximum absolute atomic E-state index is 11.4. The van der Waals surface area contributed by atoms with Gasteiger partial charge in [0.2, 0.25) is 0 Å². The molecule has 0 spiro atoms. The number of carbonyl (C=O) groups is 1. The lowest BCUT2D eigenvalue weighted by atomic mass is 9.84. The summed E-state index contributed by atoms with van der Waals surface area (Å²) >= 11 is 6.70. The molecule has 2 unspecified atom stereocenters. The second-order valence-corrected chi connectivity index (χ2v) is 6.23. The molecule has 0 aliphatic heterocycles. The molecule has 0 aromatic carbocycles. The van der Waals surface area contributed by atoms with Gasteiger partial charge in [0.05, 0.1) is 0 Å². The molecule has 1 fully saturated rings. The fourth-order valence-corrected chi connectivity index (χ4v) is 4.15. The topological polar surface area (TPSA) is 37.3 Å². The molecule has 3 heteroatoms. The van der Waals surface area contributed by atoms with Crippen molar-refractivity contribution in [1.29, 1.82) is 0 Å². The first-order valence-corrected chi connectivity index (χ1v) is 6.82. The number of alkyl halides is 1. The third-order valence-electron chi connectivity index (χ3n) is 4.55. The SMILES string of the molecule is O=C1C=CC2=C(O)C(Cl)(C3CCCC3)CC2C1. The van der Waals surface area contributed by atoms with Crippen molar-refractivity contribution in [3.05, 3.63) is 23.5 Å². The lowest BCUT2D eigenvalue weighted by Gasteiger charge is -2.29. The Labute approximate surface area is 106 Å². The third-order valence-corrected chi connectivity index (χ3v) is 5.19. The third kappa shape index (κ3) is 1.65. The van der Waals surface area contributed by atoms with E-state index in [0.717, 1.165) is 24.8 Å². The highest BCUT2D eigenvalue weighted by atomic mass is 35.5. The van der Waals surface area contributed by atoms with Crippen LogP contribution in [0.3, 0.4) is 0 Å². The van der Waals surface area contributed by atoms with Crippen LogP contribution in [0.15, 0.2) is 23.5 Å². The smallest absolute Gasteiger partial charge is 0.156 e. The van der Waals surface area contributed by atoms with Gasteiger partial charge in [-0.3, -0.25) is 4.79 Å². The molecule has 0 aromatic rings. The van der Waals surface area contributed by atoms with Crippen molar-refractivity contribution in [1.82, 2.24) is 0 Å². The molecule has 92 valence electrons. The number of ketones is 1. The van der Waals surface area contributed by atoms with E-state index in [1.807, 2.05) is 0 Å². The summed E-state index contributed by atoms with van der Waals surface area (Å²) in [6.45, 7) is 0. The van der Waals surface area contributed by atoms with Crippen molar-refractivity contribution in [3.63, 3.8) is 0 Å². The van der Waals surface area contributed by atoms with Gasteiger partial charge in [-0.1, -0.05) is 18.9 Å². The fourth-order valence-electron chi connectivity index (χ4n) is 3.63. The first-order chi connectivity index (χ1) is 8.11. The van der Waals surface area contributed by atoms with Crippen molar-refractivity contribution < 1.29 is 9.90 Å². The summed E-state index contributed by atoms with van der Waals surface area (Å²) in [5, 5.41) is 10.4. The van der Waals surface area contributed by atoms with Gasteiger partial charge in [-0.2, -0.15) is 0 Å². The van der Waals surface area contributed by atoms with Gasteiger partial charge in [0.15, 0.2) is 5.78 Å². The molecule has 1 saturated carbocycles. The predicted molar refractivity (Wildman–Crippen MR) is 67.1 cm³/mol. The van der Waals surface area contributed by atoms with Gasteiger partial charge in [-0.15, -0.1) is 11.6 Å². The zero-order valence-corrected chi connectivity index (χ0v) is 10.5. The highest BCUT2D eigenvalue weighted by Crippen LogP contribution is 2.54. The molecule has 17 heavy (non-hydrogen) atoms. The van der Waals surface area contributed by atoms with Gasteiger partial charge in [0.1, 0.15) is 10.6 Å². The van der Waals surface area contributed by atoms with Crippen LogP contribution in [0.1, 0.15) is 38.5 Å². The molecule has 1 N–H and O–H groups in total. The van der Waals surface area contributed by atoms with Gasteiger partial charge in [0.25, 0.3) is 0 Å². The molecule has 0 heterocycles. The summed E-state index contributed by atoms with van der Waals surface area (Å²) in [6, 6.07) is 0. The molecule has 0 radical (unpaired) electrons. The van der Waals surface area contributed by atoms with E-state index in [9.17, 15) is 9.90 Å². The molecule has 2 nitrogen and oxygen atoms in total. The van der Waals surface area contributed by atoms with E-state index in [0.29, 0.717) is 18.1 Å². The molecule has 3 aliphatic rings. The Kier molecular flexibility index (Phi) is 2.58. The molecule has 3 aliphatic carbocycles. The first-order valence-electron chi connectivity index (χ1n) is 6.44. The van der Waals surface area contributed by atoms with Crippen LogP contribution in [0.25, 0.3) is 0 Å². The van der Waals surface area contributed by atoms with Crippen LogP contribution >= 0.6 is 11.6 Å². The number of aliphatic hydroxyl groups is 1. The van der Waals surface area contributed by atoms with E-state index in [1.165, 1.54) is 12.8 Å². The van der Waals surface area contributed by atoms with E-state index < -0.39 is 4.87 Å². The normalized spacial score (nSPS) is 37.9. The van der Waals surface area contributed by atoms with Crippen molar-refractivity contribution in [2.24, 2.45) is 11.8 Å². The molecule has 2 atom stereocenters. The van der Waals surface area contributed by atoms with Crippen LogP contribution < -0.4 is 0 Å². The van der Waals surface area contributed by atoms with Crippen LogP contribution in [-0.4, -0.2) is 15.8 Å². The summed E-state index contributed by atoms with van der Waals surface area (Å²) in [5.74, 6) is 1.02. The van der Waals surface area contributed by atoms with Crippen LogP contribution in [0.4, 0.5) is 0 Å². The minimum atomic E-state index is -0.592. The van der Waals surface area contributed by atoms with E-state index in [-0.39, 0.29) is 11.7 Å². The first kappa shape index (κ1) is 11.3. The quantitative estimate of drug-likeness (QED) is 0.725. The number of allylic oxidation sites excluding steroid dienone is 4. The fraction of sp³-hybridized carbons (Fsp3) is 0.643. The molecule has 0 saturated heterocycles.